The van der Waals surface area contributed by atoms with E-state index in [2.05, 4.69) is 70.7 Å². The first kappa shape index (κ1) is 12.4. The van der Waals surface area contributed by atoms with Crippen LogP contribution in [0.1, 0.15) is 18.2 Å². The highest BCUT2D eigenvalue weighted by molar-refractivity contribution is 9.10. The molecule has 96 valence electrons. The summed E-state index contributed by atoms with van der Waals surface area (Å²) in [6.45, 7) is 4.27. The quantitative estimate of drug-likeness (QED) is 0.674. The molecule has 3 rings (SSSR count). The van der Waals surface area contributed by atoms with Gasteiger partial charge in [-0.15, -0.1) is 0 Å². The van der Waals surface area contributed by atoms with E-state index in [-0.39, 0.29) is 0 Å². The van der Waals surface area contributed by atoms with Gasteiger partial charge in [-0.3, -0.25) is 0 Å². The molecule has 0 unspecified atom stereocenters. The molecule has 0 N–H and O–H groups in total. The molecule has 19 heavy (non-hydrogen) atoms. The number of rotatable bonds is 2. The van der Waals surface area contributed by atoms with E-state index >= 15 is 0 Å². The Hall–Kier alpha value is -1.61. The number of hydrogen-bond donors (Lipinski definition) is 0. The van der Waals surface area contributed by atoms with Crippen molar-refractivity contribution in [2.45, 2.75) is 20.3 Å². The van der Waals surface area contributed by atoms with Crippen molar-refractivity contribution in [3.63, 3.8) is 0 Å². The predicted octanol–water partition coefficient (Wildman–Crippen LogP) is 4.63. The van der Waals surface area contributed by atoms with Crippen LogP contribution in [0.5, 0.6) is 0 Å². The highest BCUT2D eigenvalue weighted by Crippen LogP contribution is 2.27. The molecule has 0 saturated heterocycles. The van der Waals surface area contributed by atoms with Crippen LogP contribution < -0.4 is 0 Å². The highest BCUT2D eigenvalue weighted by atomic mass is 79.9. The number of imidazole rings is 1. The van der Waals surface area contributed by atoms with Crippen molar-refractivity contribution in [1.29, 1.82) is 0 Å². The van der Waals surface area contributed by atoms with Gasteiger partial charge >= 0.3 is 0 Å². The molecule has 0 amide bonds. The number of fused-ring (bicyclic) bond motifs is 1. The SMILES string of the molecule is CCc1c(-c2ccccc2)nc2c(C)cc(Br)cn12. The molecule has 3 aromatic rings. The summed E-state index contributed by atoms with van der Waals surface area (Å²) < 4.78 is 3.28. The third-order valence-corrected chi connectivity index (χ3v) is 3.79. The second-order valence-corrected chi connectivity index (χ2v) is 5.58. The van der Waals surface area contributed by atoms with Gasteiger partial charge in [-0.1, -0.05) is 37.3 Å². The standard InChI is InChI=1S/C16H15BrN2/c1-3-14-15(12-7-5-4-6-8-12)18-16-11(2)9-13(17)10-19(14)16/h4-10H,3H2,1-2H3. The summed E-state index contributed by atoms with van der Waals surface area (Å²) in [5.74, 6) is 0. The maximum absolute atomic E-state index is 4.84. The summed E-state index contributed by atoms with van der Waals surface area (Å²) in [6.07, 6.45) is 3.06. The number of benzene rings is 1. The van der Waals surface area contributed by atoms with E-state index in [4.69, 9.17) is 4.98 Å². The fourth-order valence-corrected chi connectivity index (χ4v) is 3.03. The van der Waals surface area contributed by atoms with Crippen LogP contribution in [0, 0.1) is 6.92 Å². The Bertz CT molecular complexity index is 729. The van der Waals surface area contributed by atoms with Crippen LogP contribution in [0.2, 0.25) is 0 Å². The smallest absolute Gasteiger partial charge is 0.140 e. The summed E-state index contributed by atoms with van der Waals surface area (Å²) >= 11 is 3.56. The van der Waals surface area contributed by atoms with Crippen LogP contribution in [0.4, 0.5) is 0 Å². The molecule has 1 aromatic carbocycles. The van der Waals surface area contributed by atoms with Crippen molar-refractivity contribution in [3.05, 3.63) is 58.3 Å². The van der Waals surface area contributed by atoms with Gasteiger partial charge in [-0.05, 0) is 40.9 Å². The van der Waals surface area contributed by atoms with Gasteiger partial charge in [-0.25, -0.2) is 4.98 Å². The van der Waals surface area contributed by atoms with Crippen molar-refractivity contribution in [1.82, 2.24) is 9.38 Å². The minimum atomic E-state index is 0.960. The fraction of sp³-hybridized carbons (Fsp3) is 0.188. The van der Waals surface area contributed by atoms with Gasteiger partial charge in [0.2, 0.25) is 0 Å². The van der Waals surface area contributed by atoms with Crippen molar-refractivity contribution >= 4 is 21.6 Å². The number of aryl methyl sites for hydroxylation is 2. The molecule has 0 spiro atoms. The van der Waals surface area contributed by atoms with Crippen molar-refractivity contribution in [3.8, 4) is 11.3 Å². The molecule has 0 aliphatic carbocycles. The van der Waals surface area contributed by atoms with Crippen LogP contribution >= 0.6 is 15.9 Å². The minimum absolute atomic E-state index is 0.960. The summed E-state index contributed by atoms with van der Waals surface area (Å²) in [5, 5.41) is 0. The van der Waals surface area contributed by atoms with E-state index in [1.165, 1.54) is 16.8 Å². The first-order valence-electron chi connectivity index (χ1n) is 6.43. The topological polar surface area (TPSA) is 17.3 Å². The van der Waals surface area contributed by atoms with Gasteiger partial charge in [0.15, 0.2) is 0 Å². The zero-order valence-electron chi connectivity index (χ0n) is 11.0. The van der Waals surface area contributed by atoms with Crippen LogP contribution in [-0.2, 0) is 6.42 Å². The Morgan fingerprint density at radius 2 is 1.95 bits per heavy atom. The lowest BCUT2D eigenvalue weighted by molar-refractivity contribution is 0.990. The zero-order valence-corrected chi connectivity index (χ0v) is 12.6. The second-order valence-electron chi connectivity index (χ2n) is 4.66. The van der Waals surface area contributed by atoms with Gasteiger partial charge in [0.25, 0.3) is 0 Å². The largest absolute Gasteiger partial charge is 0.302 e. The average Bonchev–Trinajstić information content (AvgIpc) is 2.78. The zero-order chi connectivity index (χ0) is 13.4. The second kappa shape index (κ2) is 4.82. The van der Waals surface area contributed by atoms with Crippen LogP contribution in [0.15, 0.2) is 47.1 Å². The molecular formula is C16H15BrN2. The Morgan fingerprint density at radius 1 is 1.21 bits per heavy atom. The molecule has 2 aromatic heterocycles. The van der Waals surface area contributed by atoms with Gasteiger partial charge in [0.05, 0.1) is 11.4 Å². The minimum Gasteiger partial charge on any atom is -0.302 e. The summed E-state index contributed by atoms with van der Waals surface area (Å²) in [7, 11) is 0. The Kier molecular flexibility index (Phi) is 3.15. The van der Waals surface area contributed by atoms with E-state index in [9.17, 15) is 0 Å². The maximum Gasteiger partial charge on any atom is 0.140 e. The molecule has 0 aliphatic heterocycles. The number of pyridine rings is 1. The number of nitrogens with zero attached hydrogens (tertiary/aromatic N) is 2. The first-order valence-corrected chi connectivity index (χ1v) is 7.22. The van der Waals surface area contributed by atoms with E-state index in [0.717, 1.165) is 22.2 Å². The summed E-state index contributed by atoms with van der Waals surface area (Å²) in [4.78, 5) is 4.84. The summed E-state index contributed by atoms with van der Waals surface area (Å²) in [6, 6.07) is 12.5. The number of aromatic nitrogens is 2. The number of halogens is 1. The highest BCUT2D eigenvalue weighted by Gasteiger charge is 2.14. The monoisotopic (exact) mass is 314 g/mol. The Balaban J connectivity index is 2.35. The van der Waals surface area contributed by atoms with Gasteiger partial charge in [0.1, 0.15) is 5.65 Å². The molecule has 0 radical (unpaired) electrons. The fourth-order valence-electron chi connectivity index (χ4n) is 2.48. The third kappa shape index (κ3) is 2.08. The lowest BCUT2D eigenvalue weighted by Crippen LogP contribution is -1.93. The van der Waals surface area contributed by atoms with Crippen molar-refractivity contribution < 1.29 is 0 Å². The molecule has 3 heteroatoms. The van der Waals surface area contributed by atoms with Crippen LogP contribution in [-0.4, -0.2) is 9.38 Å². The lowest BCUT2D eigenvalue weighted by Gasteiger charge is -2.03. The van der Waals surface area contributed by atoms with Crippen molar-refractivity contribution in [2.24, 2.45) is 0 Å². The molecule has 0 atom stereocenters. The molecule has 0 bridgehead atoms. The predicted molar refractivity (Wildman–Crippen MR) is 82.4 cm³/mol. The normalized spacial score (nSPS) is 11.1. The van der Waals surface area contributed by atoms with E-state index in [1.807, 2.05) is 6.07 Å². The van der Waals surface area contributed by atoms with Gasteiger partial charge in [0, 0.05) is 16.2 Å². The molecule has 0 aliphatic rings. The Labute approximate surface area is 121 Å². The van der Waals surface area contributed by atoms with Crippen molar-refractivity contribution in [2.75, 3.05) is 0 Å². The Morgan fingerprint density at radius 3 is 2.63 bits per heavy atom. The first-order chi connectivity index (χ1) is 9.20. The van der Waals surface area contributed by atoms with Crippen LogP contribution in [0.25, 0.3) is 16.9 Å². The summed E-state index contributed by atoms with van der Waals surface area (Å²) in [5.41, 5.74) is 5.75. The average molecular weight is 315 g/mol. The van der Waals surface area contributed by atoms with E-state index < -0.39 is 0 Å². The molecule has 2 nitrogen and oxygen atoms in total. The lowest BCUT2D eigenvalue weighted by atomic mass is 10.1. The van der Waals surface area contributed by atoms with Crippen LogP contribution in [0.3, 0.4) is 0 Å². The van der Waals surface area contributed by atoms with Gasteiger partial charge < -0.3 is 4.40 Å². The van der Waals surface area contributed by atoms with Gasteiger partial charge in [-0.2, -0.15) is 0 Å². The van der Waals surface area contributed by atoms with E-state index in [1.54, 1.807) is 0 Å². The molecule has 0 saturated carbocycles. The molecular weight excluding hydrogens is 300 g/mol. The maximum atomic E-state index is 4.84. The molecule has 2 heterocycles. The molecule has 0 fully saturated rings. The number of hydrogen-bond acceptors (Lipinski definition) is 1. The third-order valence-electron chi connectivity index (χ3n) is 3.35. The van der Waals surface area contributed by atoms with E-state index in [0.29, 0.717) is 0 Å².